The molecule has 2 atom stereocenters. The molecule has 1 aliphatic rings. The number of carbonyl (C=O) groups is 2. The van der Waals surface area contributed by atoms with Crippen LogP contribution in [0.3, 0.4) is 0 Å². The number of aryl methyl sites for hydroxylation is 1. The molecule has 33 heavy (non-hydrogen) atoms. The van der Waals surface area contributed by atoms with Gasteiger partial charge in [-0.1, -0.05) is 29.8 Å². The quantitative estimate of drug-likeness (QED) is 0.574. The van der Waals surface area contributed by atoms with Crippen molar-refractivity contribution in [2.45, 2.75) is 12.5 Å². The fourth-order valence-electron chi connectivity index (χ4n) is 4.09. The predicted octanol–water partition coefficient (Wildman–Crippen LogP) is 3.35. The van der Waals surface area contributed by atoms with E-state index in [2.05, 4.69) is 10.3 Å². The van der Waals surface area contributed by atoms with Gasteiger partial charge in [0.1, 0.15) is 23.4 Å². The molecule has 1 N–H and O–H groups in total. The SMILES string of the molecule is COc1ccccc1C(NC(=O)C1CC(=O)N(c2cc(Cl)ccc2OC)C1)c1nccn1C. The van der Waals surface area contributed by atoms with Crippen molar-refractivity contribution < 1.29 is 19.1 Å². The molecule has 2 aromatic carbocycles. The van der Waals surface area contributed by atoms with Gasteiger partial charge in [-0.25, -0.2) is 4.98 Å². The molecule has 0 aliphatic carbocycles. The number of hydrogen-bond donors (Lipinski definition) is 1. The minimum absolute atomic E-state index is 0.0840. The van der Waals surface area contributed by atoms with Crippen LogP contribution in [0.15, 0.2) is 54.9 Å². The second-order valence-electron chi connectivity index (χ2n) is 7.80. The fraction of sp³-hybridized carbons (Fsp3) is 0.292. The summed E-state index contributed by atoms with van der Waals surface area (Å²) < 4.78 is 12.8. The van der Waals surface area contributed by atoms with E-state index in [1.807, 2.05) is 42.1 Å². The van der Waals surface area contributed by atoms with Crippen molar-refractivity contribution in [3.8, 4) is 11.5 Å². The molecule has 0 saturated carbocycles. The first-order valence-corrected chi connectivity index (χ1v) is 10.8. The number of hydrogen-bond acceptors (Lipinski definition) is 5. The number of rotatable bonds is 7. The minimum atomic E-state index is -0.543. The van der Waals surface area contributed by atoms with Gasteiger partial charge in [0, 0.05) is 43.0 Å². The van der Waals surface area contributed by atoms with E-state index in [4.69, 9.17) is 21.1 Å². The average molecular weight is 469 g/mol. The van der Waals surface area contributed by atoms with Crippen LogP contribution >= 0.6 is 11.6 Å². The average Bonchev–Trinajstić information content (AvgIpc) is 3.42. The maximum absolute atomic E-state index is 13.4. The Morgan fingerprint density at radius 2 is 1.94 bits per heavy atom. The van der Waals surface area contributed by atoms with Crippen LogP contribution in [-0.4, -0.2) is 42.1 Å². The standard InChI is InChI=1S/C24H25ClN4O4/c1-28-11-10-26-23(28)22(17-6-4-5-7-19(17)32-2)27-24(31)15-12-21(30)29(14-15)18-13-16(25)8-9-20(18)33-3/h4-11,13,15,22H,12,14H2,1-3H3,(H,27,31). The van der Waals surface area contributed by atoms with Crippen molar-refractivity contribution in [2.24, 2.45) is 13.0 Å². The van der Waals surface area contributed by atoms with Gasteiger partial charge in [-0.2, -0.15) is 0 Å². The van der Waals surface area contributed by atoms with Crippen LogP contribution in [0.5, 0.6) is 11.5 Å². The lowest BCUT2D eigenvalue weighted by atomic mass is 10.0. The molecule has 2 amide bonds. The smallest absolute Gasteiger partial charge is 0.227 e. The summed E-state index contributed by atoms with van der Waals surface area (Å²) >= 11 is 6.14. The summed E-state index contributed by atoms with van der Waals surface area (Å²) in [7, 11) is 4.98. The Morgan fingerprint density at radius 3 is 2.64 bits per heavy atom. The van der Waals surface area contributed by atoms with E-state index >= 15 is 0 Å². The van der Waals surface area contributed by atoms with Crippen LogP contribution in [0.4, 0.5) is 5.69 Å². The summed E-state index contributed by atoms with van der Waals surface area (Å²) in [6.45, 7) is 0.223. The highest BCUT2D eigenvalue weighted by atomic mass is 35.5. The summed E-state index contributed by atoms with van der Waals surface area (Å²) in [6.07, 6.45) is 3.58. The van der Waals surface area contributed by atoms with Crippen molar-refractivity contribution in [3.05, 3.63) is 71.3 Å². The first-order valence-electron chi connectivity index (χ1n) is 10.5. The number of amides is 2. The van der Waals surface area contributed by atoms with Crippen LogP contribution < -0.4 is 19.7 Å². The molecule has 9 heteroatoms. The Kier molecular flexibility index (Phi) is 6.55. The third-order valence-electron chi connectivity index (χ3n) is 5.78. The summed E-state index contributed by atoms with van der Waals surface area (Å²) in [4.78, 5) is 32.2. The van der Waals surface area contributed by atoms with Crippen LogP contribution in [0.1, 0.15) is 23.9 Å². The molecule has 172 valence electrons. The molecule has 2 heterocycles. The molecular weight excluding hydrogens is 444 g/mol. The number of benzene rings is 2. The zero-order chi connectivity index (χ0) is 23.5. The van der Waals surface area contributed by atoms with E-state index in [0.29, 0.717) is 28.0 Å². The number of imidazole rings is 1. The lowest BCUT2D eigenvalue weighted by Crippen LogP contribution is -2.37. The Labute approximate surface area is 197 Å². The van der Waals surface area contributed by atoms with Gasteiger partial charge in [-0.3, -0.25) is 9.59 Å². The minimum Gasteiger partial charge on any atom is -0.496 e. The maximum atomic E-state index is 13.4. The molecule has 1 aliphatic heterocycles. The van der Waals surface area contributed by atoms with Gasteiger partial charge in [0.25, 0.3) is 0 Å². The summed E-state index contributed by atoms with van der Waals surface area (Å²) in [5.41, 5.74) is 1.33. The van der Waals surface area contributed by atoms with Crippen molar-refractivity contribution in [3.63, 3.8) is 0 Å². The second-order valence-corrected chi connectivity index (χ2v) is 8.24. The fourth-order valence-corrected chi connectivity index (χ4v) is 4.26. The van der Waals surface area contributed by atoms with E-state index in [1.165, 1.54) is 7.11 Å². The number of para-hydroxylation sites is 1. The second kappa shape index (κ2) is 9.54. The normalized spacial score (nSPS) is 16.5. The van der Waals surface area contributed by atoms with E-state index in [0.717, 1.165) is 5.56 Å². The van der Waals surface area contributed by atoms with E-state index < -0.39 is 12.0 Å². The molecule has 0 radical (unpaired) electrons. The largest absolute Gasteiger partial charge is 0.496 e. The molecular formula is C24H25ClN4O4. The molecule has 8 nitrogen and oxygen atoms in total. The molecule has 0 spiro atoms. The molecule has 0 bridgehead atoms. The van der Waals surface area contributed by atoms with E-state index in [9.17, 15) is 9.59 Å². The number of nitrogens with one attached hydrogen (secondary N) is 1. The molecule has 1 saturated heterocycles. The predicted molar refractivity (Wildman–Crippen MR) is 125 cm³/mol. The Morgan fingerprint density at radius 1 is 1.18 bits per heavy atom. The van der Waals surface area contributed by atoms with Gasteiger partial charge in [0.05, 0.1) is 25.8 Å². The summed E-state index contributed by atoms with van der Waals surface area (Å²) in [5, 5.41) is 3.57. The van der Waals surface area contributed by atoms with Crippen molar-refractivity contribution in [1.29, 1.82) is 0 Å². The number of anilines is 1. The number of carbonyl (C=O) groups excluding carboxylic acids is 2. The molecule has 3 aromatic rings. The highest BCUT2D eigenvalue weighted by Crippen LogP contribution is 2.36. The maximum Gasteiger partial charge on any atom is 0.227 e. The van der Waals surface area contributed by atoms with Gasteiger partial charge in [0.2, 0.25) is 11.8 Å². The Hall–Kier alpha value is -3.52. The molecule has 1 fully saturated rings. The molecule has 1 aromatic heterocycles. The van der Waals surface area contributed by atoms with Crippen molar-refractivity contribution >= 4 is 29.1 Å². The van der Waals surface area contributed by atoms with Gasteiger partial charge in [-0.15, -0.1) is 0 Å². The summed E-state index contributed by atoms with van der Waals surface area (Å²) in [6, 6.07) is 12.0. The highest BCUT2D eigenvalue weighted by molar-refractivity contribution is 6.31. The molecule has 2 unspecified atom stereocenters. The number of halogens is 1. The van der Waals surface area contributed by atoms with Crippen LogP contribution in [0, 0.1) is 5.92 Å². The van der Waals surface area contributed by atoms with Crippen LogP contribution in [0.2, 0.25) is 5.02 Å². The Bertz CT molecular complexity index is 1180. The van der Waals surface area contributed by atoms with Crippen molar-refractivity contribution in [2.75, 3.05) is 25.7 Å². The highest BCUT2D eigenvalue weighted by Gasteiger charge is 2.38. The van der Waals surface area contributed by atoms with Crippen molar-refractivity contribution in [1.82, 2.24) is 14.9 Å². The zero-order valence-electron chi connectivity index (χ0n) is 18.6. The first-order chi connectivity index (χ1) is 15.9. The van der Waals surface area contributed by atoms with E-state index in [1.54, 1.807) is 36.4 Å². The van der Waals surface area contributed by atoms with Gasteiger partial charge in [0.15, 0.2) is 0 Å². The third kappa shape index (κ3) is 4.52. The first kappa shape index (κ1) is 22.7. The van der Waals surface area contributed by atoms with Crippen LogP contribution in [0.25, 0.3) is 0 Å². The lowest BCUT2D eigenvalue weighted by Gasteiger charge is -2.23. The van der Waals surface area contributed by atoms with E-state index in [-0.39, 0.29) is 24.8 Å². The molecule has 4 rings (SSSR count). The van der Waals surface area contributed by atoms with Gasteiger partial charge >= 0.3 is 0 Å². The lowest BCUT2D eigenvalue weighted by molar-refractivity contribution is -0.126. The zero-order valence-corrected chi connectivity index (χ0v) is 19.4. The van der Waals surface area contributed by atoms with Gasteiger partial charge < -0.3 is 24.3 Å². The topological polar surface area (TPSA) is 85.7 Å². The number of nitrogens with zero attached hydrogens (tertiary/aromatic N) is 3. The number of methoxy groups -OCH3 is 2. The van der Waals surface area contributed by atoms with Gasteiger partial charge in [-0.05, 0) is 24.3 Å². The Balaban J connectivity index is 1.60. The number of ether oxygens (including phenoxy) is 2. The van der Waals surface area contributed by atoms with Crippen LogP contribution in [-0.2, 0) is 16.6 Å². The monoisotopic (exact) mass is 468 g/mol. The summed E-state index contributed by atoms with van der Waals surface area (Å²) in [5.74, 6) is 0.865. The number of aromatic nitrogens is 2. The third-order valence-corrected chi connectivity index (χ3v) is 6.02.